The summed E-state index contributed by atoms with van der Waals surface area (Å²) in [6.07, 6.45) is 2.41. The van der Waals surface area contributed by atoms with Crippen LogP contribution >= 0.6 is 0 Å². The average Bonchev–Trinajstić information content (AvgIpc) is 3.12. The first-order valence-electron chi connectivity index (χ1n) is 10.8. The highest BCUT2D eigenvalue weighted by Crippen LogP contribution is 2.24. The number of aliphatic imine (C=N–C) groups is 1. The second-order valence-electron chi connectivity index (χ2n) is 8.65. The van der Waals surface area contributed by atoms with Gasteiger partial charge in [0.1, 0.15) is 0 Å². The Kier molecular flexibility index (Phi) is 7.53. The molecule has 0 amide bonds. The van der Waals surface area contributed by atoms with Crippen molar-refractivity contribution >= 4 is 11.9 Å². The van der Waals surface area contributed by atoms with E-state index >= 15 is 0 Å². The zero-order valence-electron chi connectivity index (χ0n) is 18.4. The van der Waals surface area contributed by atoms with E-state index in [2.05, 4.69) is 58.2 Å². The van der Waals surface area contributed by atoms with Crippen molar-refractivity contribution in [1.29, 1.82) is 0 Å². The predicted octanol–water partition coefficient (Wildman–Crippen LogP) is 2.52. The number of likely N-dealkylation sites (tertiary alicyclic amines) is 2. The molecule has 1 aromatic carbocycles. The summed E-state index contributed by atoms with van der Waals surface area (Å²) in [4.78, 5) is 21.2. The van der Waals surface area contributed by atoms with Gasteiger partial charge in [-0.05, 0) is 50.3 Å². The molecule has 3 rings (SSSR count). The van der Waals surface area contributed by atoms with Crippen LogP contribution in [0.3, 0.4) is 0 Å². The Hall–Kier alpha value is -2.08. The summed E-state index contributed by atoms with van der Waals surface area (Å²) in [7, 11) is 3.29. The molecule has 0 bridgehead atoms. The summed E-state index contributed by atoms with van der Waals surface area (Å²) in [6.45, 7) is 10.0. The fourth-order valence-electron chi connectivity index (χ4n) is 4.47. The molecular formula is C23H36N4O2. The number of hydrogen-bond acceptors (Lipinski definition) is 4. The summed E-state index contributed by atoms with van der Waals surface area (Å²) in [5, 5.41) is 3.56. The number of piperidine rings is 1. The van der Waals surface area contributed by atoms with Gasteiger partial charge in [0, 0.05) is 33.2 Å². The van der Waals surface area contributed by atoms with Crippen LogP contribution in [0.4, 0.5) is 0 Å². The molecule has 0 spiro atoms. The van der Waals surface area contributed by atoms with Crippen LogP contribution in [0.15, 0.2) is 29.3 Å². The van der Waals surface area contributed by atoms with Gasteiger partial charge in [0.05, 0.1) is 13.0 Å². The largest absolute Gasteiger partial charge is 0.469 e. The third-order valence-electron chi connectivity index (χ3n) is 6.41. The highest BCUT2D eigenvalue weighted by molar-refractivity contribution is 5.82. The van der Waals surface area contributed by atoms with E-state index in [1.807, 2.05) is 7.05 Å². The van der Waals surface area contributed by atoms with Crippen LogP contribution in [-0.4, -0.2) is 68.6 Å². The van der Waals surface area contributed by atoms with Crippen LogP contribution in [-0.2, 0) is 16.1 Å². The summed E-state index contributed by atoms with van der Waals surface area (Å²) in [5.74, 6) is 1.67. The van der Waals surface area contributed by atoms with Gasteiger partial charge in [-0.2, -0.15) is 0 Å². The molecule has 2 fully saturated rings. The van der Waals surface area contributed by atoms with E-state index in [-0.39, 0.29) is 17.8 Å². The van der Waals surface area contributed by atoms with Crippen molar-refractivity contribution in [3.8, 4) is 0 Å². The van der Waals surface area contributed by atoms with Gasteiger partial charge >= 0.3 is 5.97 Å². The smallest absolute Gasteiger partial charge is 0.310 e. The topological polar surface area (TPSA) is 57.2 Å². The number of methoxy groups -OCH3 is 1. The monoisotopic (exact) mass is 400 g/mol. The number of aryl methyl sites for hydroxylation is 1. The van der Waals surface area contributed by atoms with Gasteiger partial charge in [0.15, 0.2) is 5.96 Å². The zero-order valence-corrected chi connectivity index (χ0v) is 18.4. The highest BCUT2D eigenvalue weighted by Gasteiger charge is 2.37. The summed E-state index contributed by atoms with van der Waals surface area (Å²) >= 11 is 0. The third-order valence-corrected chi connectivity index (χ3v) is 6.41. The summed E-state index contributed by atoms with van der Waals surface area (Å²) in [6, 6.07) is 8.88. The molecule has 2 atom stereocenters. The van der Waals surface area contributed by atoms with Crippen LogP contribution < -0.4 is 5.32 Å². The molecule has 2 aliphatic heterocycles. The molecule has 29 heavy (non-hydrogen) atoms. The minimum atomic E-state index is -0.114. The van der Waals surface area contributed by atoms with E-state index in [0.717, 1.165) is 38.7 Å². The first-order valence-corrected chi connectivity index (χ1v) is 10.8. The maximum absolute atomic E-state index is 12.0. The summed E-state index contributed by atoms with van der Waals surface area (Å²) < 4.78 is 4.95. The Morgan fingerprint density at radius 2 is 1.90 bits per heavy atom. The van der Waals surface area contributed by atoms with Gasteiger partial charge < -0.3 is 15.0 Å². The number of carbonyl (C=O) groups excluding carboxylic acids is 1. The van der Waals surface area contributed by atoms with Gasteiger partial charge in [-0.3, -0.25) is 14.7 Å². The minimum absolute atomic E-state index is 0.0661. The lowest BCUT2D eigenvalue weighted by Gasteiger charge is -2.33. The second-order valence-corrected chi connectivity index (χ2v) is 8.65. The van der Waals surface area contributed by atoms with Crippen molar-refractivity contribution in [2.45, 2.75) is 33.2 Å². The second kappa shape index (κ2) is 10.1. The van der Waals surface area contributed by atoms with Crippen LogP contribution in [0.1, 0.15) is 30.9 Å². The van der Waals surface area contributed by atoms with Gasteiger partial charge in [0.25, 0.3) is 0 Å². The predicted molar refractivity (Wildman–Crippen MR) is 117 cm³/mol. The zero-order chi connectivity index (χ0) is 20.8. The molecule has 0 aliphatic carbocycles. The number of carbonyl (C=O) groups is 1. The Morgan fingerprint density at radius 1 is 1.21 bits per heavy atom. The number of esters is 1. The number of rotatable bonds is 5. The SMILES string of the molecule is CN=C(NCC1CCN(Cc2ccc(C)cc2)CC1)N1CC(C)C(C(=O)OC)C1. The molecule has 2 aliphatic rings. The summed E-state index contributed by atoms with van der Waals surface area (Å²) in [5.41, 5.74) is 2.72. The van der Waals surface area contributed by atoms with Crippen molar-refractivity contribution < 1.29 is 9.53 Å². The average molecular weight is 401 g/mol. The highest BCUT2D eigenvalue weighted by atomic mass is 16.5. The molecule has 0 aromatic heterocycles. The van der Waals surface area contributed by atoms with Gasteiger partial charge in [-0.1, -0.05) is 36.8 Å². The first kappa shape index (κ1) is 21.6. The van der Waals surface area contributed by atoms with Gasteiger partial charge in [0.2, 0.25) is 0 Å². The number of benzene rings is 1. The standard InChI is InChI=1S/C23H36N4O2/c1-17-5-7-20(8-6-17)15-26-11-9-19(10-12-26)13-25-23(24-3)27-14-18(2)21(16-27)22(28)29-4/h5-8,18-19,21H,9-16H2,1-4H3,(H,24,25). The van der Waals surface area contributed by atoms with Crippen molar-refractivity contribution in [2.75, 3.05) is 46.9 Å². The number of nitrogens with zero attached hydrogens (tertiary/aromatic N) is 3. The molecule has 1 N–H and O–H groups in total. The minimum Gasteiger partial charge on any atom is -0.469 e. The maximum atomic E-state index is 12.0. The maximum Gasteiger partial charge on any atom is 0.310 e. The van der Waals surface area contributed by atoms with Crippen LogP contribution in [0, 0.1) is 24.7 Å². The lowest BCUT2D eigenvalue weighted by atomic mass is 9.96. The molecule has 1 aromatic rings. The Balaban J connectivity index is 1.42. The molecule has 0 radical (unpaired) electrons. The van der Waals surface area contributed by atoms with Crippen molar-refractivity contribution in [3.63, 3.8) is 0 Å². The molecule has 6 nitrogen and oxygen atoms in total. The number of guanidine groups is 1. The Labute approximate surface area is 175 Å². The lowest BCUT2D eigenvalue weighted by molar-refractivity contribution is -0.145. The number of nitrogens with one attached hydrogen (secondary N) is 1. The van der Waals surface area contributed by atoms with E-state index in [9.17, 15) is 4.79 Å². The number of ether oxygens (including phenoxy) is 1. The van der Waals surface area contributed by atoms with Crippen molar-refractivity contribution in [2.24, 2.45) is 22.7 Å². The fraction of sp³-hybridized carbons (Fsp3) is 0.652. The molecular weight excluding hydrogens is 364 g/mol. The van der Waals surface area contributed by atoms with E-state index in [0.29, 0.717) is 12.5 Å². The Bertz CT molecular complexity index is 695. The lowest BCUT2D eigenvalue weighted by Crippen LogP contribution is -2.44. The van der Waals surface area contributed by atoms with Crippen LogP contribution in [0.25, 0.3) is 0 Å². The Morgan fingerprint density at radius 3 is 2.52 bits per heavy atom. The number of hydrogen-bond donors (Lipinski definition) is 1. The van der Waals surface area contributed by atoms with E-state index in [4.69, 9.17) is 4.74 Å². The van der Waals surface area contributed by atoms with Crippen LogP contribution in [0.2, 0.25) is 0 Å². The van der Waals surface area contributed by atoms with Gasteiger partial charge in [-0.15, -0.1) is 0 Å². The normalized spacial score (nSPS) is 24.0. The van der Waals surface area contributed by atoms with E-state index < -0.39 is 0 Å². The van der Waals surface area contributed by atoms with Crippen molar-refractivity contribution in [1.82, 2.24) is 15.1 Å². The fourth-order valence-corrected chi connectivity index (χ4v) is 4.47. The molecule has 2 heterocycles. The van der Waals surface area contributed by atoms with E-state index in [1.54, 1.807) is 0 Å². The molecule has 2 unspecified atom stereocenters. The van der Waals surface area contributed by atoms with Crippen LogP contribution in [0.5, 0.6) is 0 Å². The molecule has 6 heteroatoms. The van der Waals surface area contributed by atoms with Crippen molar-refractivity contribution in [3.05, 3.63) is 35.4 Å². The molecule has 160 valence electrons. The van der Waals surface area contributed by atoms with Gasteiger partial charge in [-0.25, -0.2) is 0 Å². The quantitative estimate of drug-likeness (QED) is 0.468. The third kappa shape index (κ3) is 5.72. The first-order chi connectivity index (χ1) is 14.0. The van der Waals surface area contributed by atoms with E-state index in [1.165, 1.54) is 31.1 Å². The molecule has 0 saturated carbocycles. The molecule has 2 saturated heterocycles.